The number of anilines is 1. The summed E-state index contributed by atoms with van der Waals surface area (Å²) in [5.41, 5.74) is 2.37. The third kappa shape index (κ3) is 5.20. The molecule has 0 atom stereocenters. The minimum absolute atomic E-state index is 0.229. The van der Waals surface area contributed by atoms with Crippen LogP contribution in [0.3, 0.4) is 0 Å². The van der Waals surface area contributed by atoms with E-state index in [0.717, 1.165) is 36.3 Å². The van der Waals surface area contributed by atoms with Crippen LogP contribution in [0.25, 0.3) is 17.0 Å². The normalized spacial score (nSPS) is 11.5. The lowest BCUT2D eigenvalue weighted by Gasteiger charge is -2.21. The number of rotatable bonds is 8. The fourth-order valence-corrected chi connectivity index (χ4v) is 2.96. The lowest BCUT2D eigenvalue weighted by molar-refractivity contribution is -0.116. The molecule has 1 aromatic heterocycles. The molecule has 0 aliphatic carbocycles. The Hall–Kier alpha value is -2.60. The van der Waals surface area contributed by atoms with E-state index in [4.69, 9.17) is 4.42 Å². The summed E-state index contributed by atoms with van der Waals surface area (Å²) in [5, 5.41) is 3.66. The van der Waals surface area contributed by atoms with Gasteiger partial charge in [-0.3, -0.25) is 4.79 Å². The summed E-state index contributed by atoms with van der Waals surface area (Å²) in [6.07, 6.45) is 2.91. The Morgan fingerprint density at radius 3 is 2.56 bits per heavy atom. The standard InChI is InChI=1S/C21H29N3O3/c1-6-24(7-2)16-8-9-17-15(3)18(21(26)27-19(17)14-16)10-11-20(25)22-12-13-23(4)5/h8-11,14H,6-7,12-13H2,1-5H3,(H,22,25). The maximum atomic E-state index is 12.4. The number of benzene rings is 1. The third-order valence-electron chi connectivity index (χ3n) is 4.58. The van der Waals surface area contributed by atoms with Crippen LogP contribution in [0.5, 0.6) is 0 Å². The average molecular weight is 371 g/mol. The average Bonchev–Trinajstić information content (AvgIpc) is 2.62. The van der Waals surface area contributed by atoms with Crippen LogP contribution in [0.2, 0.25) is 0 Å². The summed E-state index contributed by atoms with van der Waals surface area (Å²) in [6.45, 7) is 9.13. The largest absolute Gasteiger partial charge is 0.422 e. The fraction of sp³-hybridized carbons (Fsp3) is 0.429. The van der Waals surface area contributed by atoms with Crippen molar-refractivity contribution in [2.75, 3.05) is 45.2 Å². The summed E-state index contributed by atoms with van der Waals surface area (Å²) in [6, 6.07) is 5.90. The Morgan fingerprint density at radius 1 is 1.22 bits per heavy atom. The molecule has 0 radical (unpaired) electrons. The Morgan fingerprint density at radius 2 is 1.93 bits per heavy atom. The first kappa shape index (κ1) is 20.7. The van der Waals surface area contributed by atoms with E-state index in [1.54, 1.807) is 0 Å². The number of fused-ring (bicyclic) bond motifs is 1. The zero-order valence-corrected chi connectivity index (χ0v) is 16.8. The summed E-state index contributed by atoms with van der Waals surface area (Å²) in [4.78, 5) is 28.5. The van der Waals surface area contributed by atoms with Gasteiger partial charge in [0, 0.05) is 49.4 Å². The molecule has 0 bridgehead atoms. The maximum absolute atomic E-state index is 12.4. The van der Waals surface area contributed by atoms with Gasteiger partial charge in [0.05, 0.1) is 5.56 Å². The molecule has 0 fully saturated rings. The lowest BCUT2D eigenvalue weighted by Crippen LogP contribution is -2.30. The highest BCUT2D eigenvalue weighted by molar-refractivity contribution is 5.93. The van der Waals surface area contributed by atoms with Crippen LogP contribution in [0.4, 0.5) is 5.69 Å². The van der Waals surface area contributed by atoms with E-state index in [-0.39, 0.29) is 5.91 Å². The Labute approximate surface area is 160 Å². The minimum Gasteiger partial charge on any atom is -0.422 e. The number of carbonyl (C=O) groups is 1. The third-order valence-corrected chi connectivity index (χ3v) is 4.58. The SMILES string of the molecule is CCN(CC)c1ccc2c(C)c(C=CC(=O)NCCN(C)C)c(=O)oc2c1. The molecule has 6 heteroatoms. The molecule has 1 amide bonds. The molecular weight excluding hydrogens is 342 g/mol. The van der Waals surface area contributed by atoms with Crippen molar-refractivity contribution in [1.82, 2.24) is 10.2 Å². The van der Waals surface area contributed by atoms with Crippen LogP contribution in [0, 0.1) is 6.92 Å². The van der Waals surface area contributed by atoms with Crippen molar-refractivity contribution in [3.63, 3.8) is 0 Å². The van der Waals surface area contributed by atoms with Gasteiger partial charge in [0.2, 0.25) is 5.91 Å². The quantitative estimate of drug-likeness (QED) is 0.571. The molecule has 0 spiro atoms. The molecular formula is C21H29N3O3. The van der Waals surface area contributed by atoms with Crippen LogP contribution in [0.1, 0.15) is 25.0 Å². The number of likely N-dealkylation sites (N-methyl/N-ethyl adjacent to an activating group) is 1. The van der Waals surface area contributed by atoms with E-state index >= 15 is 0 Å². The van der Waals surface area contributed by atoms with Crippen LogP contribution < -0.4 is 15.8 Å². The molecule has 1 heterocycles. The maximum Gasteiger partial charge on any atom is 0.343 e. The van der Waals surface area contributed by atoms with Gasteiger partial charge in [-0.2, -0.15) is 0 Å². The van der Waals surface area contributed by atoms with Crippen LogP contribution in [-0.4, -0.2) is 51.1 Å². The number of carbonyl (C=O) groups excluding carboxylic acids is 1. The van der Waals surface area contributed by atoms with Crippen molar-refractivity contribution in [2.45, 2.75) is 20.8 Å². The van der Waals surface area contributed by atoms with Gasteiger partial charge in [-0.15, -0.1) is 0 Å². The number of hydrogen-bond donors (Lipinski definition) is 1. The van der Waals surface area contributed by atoms with Crippen molar-refractivity contribution >= 4 is 28.6 Å². The highest BCUT2D eigenvalue weighted by Crippen LogP contribution is 2.25. The van der Waals surface area contributed by atoms with E-state index in [2.05, 4.69) is 24.1 Å². The zero-order chi connectivity index (χ0) is 20.0. The van der Waals surface area contributed by atoms with Crippen molar-refractivity contribution in [3.05, 3.63) is 45.8 Å². The van der Waals surface area contributed by atoms with Gasteiger partial charge in [-0.1, -0.05) is 0 Å². The monoisotopic (exact) mass is 371 g/mol. The molecule has 146 valence electrons. The predicted molar refractivity (Wildman–Crippen MR) is 111 cm³/mol. The second kappa shape index (κ2) is 9.37. The molecule has 27 heavy (non-hydrogen) atoms. The van der Waals surface area contributed by atoms with Gasteiger partial charge in [0.15, 0.2) is 0 Å². The number of amides is 1. The predicted octanol–water partition coefficient (Wildman–Crippen LogP) is 2.64. The first-order chi connectivity index (χ1) is 12.9. The summed E-state index contributed by atoms with van der Waals surface area (Å²) in [5.74, 6) is -0.229. The van der Waals surface area contributed by atoms with Crippen LogP contribution >= 0.6 is 0 Å². The van der Waals surface area contributed by atoms with Crippen molar-refractivity contribution < 1.29 is 9.21 Å². The molecule has 0 aliphatic heterocycles. The van der Waals surface area contributed by atoms with Gasteiger partial charge < -0.3 is 19.5 Å². The molecule has 1 N–H and O–H groups in total. The molecule has 0 aliphatic rings. The first-order valence-electron chi connectivity index (χ1n) is 9.30. The van der Waals surface area contributed by atoms with Crippen LogP contribution in [0.15, 0.2) is 33.5 Å². The van der Waals surface area contributed by atoms with Gasteiger partial charge in [0.1, 0.15) is 5.58 Å². The number of nitrogens with zero attached hydrogens (tertiary/aromatic N) is 2. The molecule has 0 unspecified atom stereocenters. The summed E-state index contributed by atoms with van der Waals surface area (Å²) >= 11 is 0. The van der Waals surface area contributed by atoms with Gasteiger partial charge in [0.25, 0.3) is 0 Å². The Balaban J connectivity index is 2.28. The van der Waals surface area contributed by atoms with E-state index in [1.807, 2.05) is 44.1 Å². The highest BCUT2D eigenvalue weighted by atomic mass is 16.4. The van der Waals surface area contributed by atoms with Gasteiger partial charge >= 0.3 is 5.63 Å². The van der Waals surface area contributed by atoms with E-state index in [0.29, 0.717) is 17.7 Å². The Bertz CT molecular complexity index is 880. The molecule has 2 rings (SSSR count). The number of hydrogen-bond acceptors (Lipinski definition) is 5. The van der Waals surface area contributed by atoms with Gasteiger partial charge in [-0.05, 0) is 58.6 Å². The zero-order valence-electron chi connectivity index (χ0n) is 16.8. The topological polar surface area (TPSA) is 65.8 Å². The molecule has 2 aromatic rings. The van der Waals surface area contributed by atoms with Crippen molar-refractivity contribution in [1.29, 1.82) is 0 Å². The number of nitrogens with one attached hydrogen (secondary N) is 1. The molecule has 6 nitrogen and oxygen atoms in total. The second-order valence-corrected chi connectivity index (χ2v) is 6.71. The van der Waals surface area contributed by atoms with Gasteiger partial charge in [-0.25, -0.2) is 4.79 Å². The summed E-state index contributed by atoms with van der Waals surface area (Å²) < 4.78 is 5.53. The molecule has 0 saturated heterocycles. The highest BCUT2D eigenvalue weighted by Gasteiger charge is 2.11. The smallest absolute Gasteiger partial charge is 0.343 e. The Kier molecular flexibility index (Phi) is 7.19. The summed E-state index contributed by atoms with van der Waals surface area (Å²) in [7, 11) is 3.88. The second-order valence-electron chi connectivity index (χ2n) is 6.71. The van der Waals surface area contributed by atoms with E-state index in [9.17, 15) is 9.59 Å². The van der Waals surface area contributed by atoms with Crippen molar-refractivity contribution in [3.8, 4) is 0 Å². The minimum atomic E-state index is -0.436. The molecule has 1 aromatic carbocycles. The fourth-order valence-electron chi connectivity index (χ4n) is 2.96. The van der Waals surface area contributed by atoms with Crippen molar-refractivity contribution in [2.24, 2.45) is 0 Å². The lowest BCUT2D eigenvalue weighted by atomic mass is 10.0. The number of aryl methyl sites for hydroxylation is 1. The first-order valence-corrected chi connectivity index (χ1v) is 9.30. The molecule has 0 saturated carbocycles. The van der Waals surface area contributed by atoms with E-state index in [1.165, 1.54) is 12.2 Å². The van der Waals surface area contributed by atoms with Crippen LogP contribution in [-0.2, 0) is 4.79 Å². The van der Waals surface area contributed by atoms with E-state index < -0.39 is 5.63 Å².